The molecule has 1 saturated heterocycles. The Morgan fingerprint density at radius 2 is 1.89 bits per heavy atom. The van der Waals surface area contributed by atoms with Crippen LogP contribution in [-0.4, -0.2) is 43.7 Å². The molecule has 0 aromatic heterocycles. The van der Waals surface area contributed by atoms with Gasteiger partial charge >= 0.3 is 0 Å². The zero-order valence-corrected chi connectivity index (χ0v) is 10.8. The summed E-state index contributed by atoms with van der Waals surface area (Å²) in [6.07, 6.45) is 1.21. The van der Waals surface area contributed by atoms with E-state index in [1.165, 1.54) is 24.3 Å². The van der Waals surface area contributed by atoms with Crippen molar-refractivity contribution in [2.75, 3.05) is 26.4 Å². The standard InChI is InChI=1S/C14H19FO4/c15-11-1-3-13(4-2-11)18-9-12(16)10-19-14-5-7-17-8-6-14/h1-4,12,14,16H,5-10H2. The lowest BCUT2D eigenvalue weighted by Crippen LogP contribution is -2.30. The second-order valence-electron chi connectivity index (χ2n) is 4.56. The monoisotopic (exact) mass is 270 g/mol. The molecule has 0 saturated carbocycles. The van der Waals surface area contributed by atoms with Crippen molar-refractivity contribution >= 4 is 0 Å². The van der Waals surface area contributed by atoms with Gasteiger partial charge in [-0.05, 0) is 37.1 Å². The summed E-state index contributed by atoms with van der Waals surface area (Å²) in [4.78, 5) is 0. The molecule has 0 aliphatic carbocycles. The molecule has 1 heterocycles. The number of hydrogen-bond donors (Lipinski definition) is 1. The molecule has 1 aromatic rings. The van der Waals surface area contributed by atoms with Crippen LogP contribution < -0.4 is 4.74 Å². The number of halogens is 1. The second-order valence-corrected chi connectivity index (χ2v) is 4.56. The van der Waals surface area contributed by atoms with Gasteiger partial charge in [0.15, 0.2) is 0 Å². The Morgan fingerprint density at radius 3 is 2.58 bits per heavy atom. The second kappa shape index (κ2) is 7.43. The quantitative estimate of drug-likeness (QED) is 0.855. The van der Waals surface area contributed by atoms with E-state index in [1.54, 1.807) is 0 Å². The molecular formula is C14H19FO4. The first-order chi connectivity index (χ1) is 9.24. The van der Waals surface area contributed by atoms with Gasteiger partial charge in [-0.15, -0.1) is 0 Å². The Morgan fingerprint density at radius 1 is 1.21 bits per heavy atom. The van der Waals surface area contributed by atoms with Gasteiger partial charge in [-0.2, -0.15) is 0 Å². The summed E-state index contributed by atoms with van der Waals surface area (Å²) in [5, 5.41) is 9.74. The molecule has 5 heteroatoms. The number of rotatable bonds is 6. The van der Waals surface area contributed by atoms with Crippen molar-refractivity contribution in [1.82, 2.24) is 0 Å². The van der Waals surface area contributed by atoms with E-state index >= 15 is 0 Å². The Kier molecular flexibility index (Phi) is 5.57. The van der Waals surface area contributed by atoms with Gasteiger partial charge in [0.05, 0.1) is 12.7 Å². The fourth-order valence-corrected chi connectivity index (χ4v) is 1.86. The van der Waals surface area contributed by atoms with Crippen molar-refractivity contribution in [1.29, 1.82) is 0 Å². The topological polar surface area (TPSA) is 47.9 Å². The van der Waals surface area contributed by atoms with Crippen molar-refractivity contribution < 1.29 is 23.7 Å². The van der Waals surface area contributed by atoms with Crippen LogP contribution in [0.15, 0.2) is 24.3 Å². The van der Waals surface area contributed by atoms with Crippen LogP contribution in [0.2, 0.25) is 0 Å². The summed E-state index contributed by atoms with van der Waals surface area (Å²) in [6, 6.07) is 5.70. The normalized spacial score (nSPS) is 18.2. The predicted octanol–water partition coefficient (Wildman–Crippen LogP) is 1.76. The van der Waals surface area contributed by atoms with Gasteiger partial charge < -0.3 is 19.3 Å². The first-order valence-electron chi connectivity index (χ1n) is 6.50. The van der Waals surface area contributed by atoms with Crippen molar-refractivity contribution in [2.24, 2.45) is 0 Å². The Hall–Kier alpha value is -1.17. The summed E-state index contributed by atoms with van der Waals surface area (Å²) in [6.45, 7) is 1.81. The first kappa shape index (κ1) is 14.2. The minimum atomic E-state index is -0.687. The highest BCUT2D eigenvalue weighted by Gasteiger charge is 2.16. The lowest BCUT2D eigenvalue weighted by atomic mass is 10.1. The first-order valence-corrected chi connectivity index (χ1v) is 6.50. The molecule has 2 rings (SSSR count). The largest absolute Gasteiger partial charge is 0.491 e. The zero-order valence-electron chi connectivity index (χ0n) is 10.8. The fourth-order valence-electron chi connectivity index (χ4n) is 1.86. The van der Waals surface area contributed by atoms with Crippen LogP contribution in [-0.2, 0) is 9.47 Å². The SMILES string of the molecule is OC(COc1ccc(F)cc1)COC1CCOCC1. The van der Waals surface area contributed by atoms with Gasteiger partial charge in [-0.3, -0.25) is 0 Å². The van der Waals surface area contributed by atoms with E-state index in [2.05, 4.69) is 0 Å². The maximum Gasteiger partial charge on any atom is 0.123 e. The summed E-state index contributed by atoms with van der Waals surface area (Å²) in [7, 11) is 0. The van der Waals surface area contributed by atoms with E-state index < -0.39 is 6.10 Å². The lowest BCUT2D eigenvalue weighted by molar-refractivity contribution is -0.0659. The van der Waals surface area contributed by atoms with Crippen molar-refractivity contribution in [3.63, 3.8) is 0 Å². The summed E-state index contributed by atoms with van der Waals surface area (Å²) < 4.78 is 28.8. The van der Waals surface area contributed by atoms with Gasteiger partial charge in [0.25, 0.3) is 0 Å². The molecule has 1 aliphatic rings. The van der Waals surface area contributed by atoms with E-state index in [0.717, 1.165) is 12.8 Å². The average molecular weight is 270 g/mol. The molecule has 0 bridgehead atoms. The molecule has 1 fully saturated rings. The highest BCUT2D eigenvalue weighted by Crippen LogP contribution is 2.13. The van der Waals surface area contributed by atoms with E-state index in [-0.39, 0.29) is 25.1 Å². The number of benzene rings is 1. The Balaban J connectivity index is 1.63. The van der Waals surface area contributed by atoms with Crippen molar-refractivity contribution in [3.05, 3.63) is 30.1 Å². The van der Waals surface area contributed by atoms with Crippen LogP contribution in [0.5, 0.6) is 5.75 Å². The molecule has 19 heavy (non-hydrogen) atoms. The summed E-state index contributed by atoms with van der Waals surface area (Å²) in [5.41, 5.74) is 0. The molecule has 0 spiro atoms. The fraction of sp³-hybridized carbons (Fsp3) is 0.571. The number of ether oxygens (including phenoxy) is 3. The maximum atomic E-state index is 12.7. The van der Waals surface area contributed by atoms with Gasteiger partial charge in [-0.25, -0.2) is 4.39 Å². The molecule has 4 nitrogen and oxygen atoms in total. The molecule has 1 N–H and O–H groups in total. The van der Waals surface area contributed by atoms with E-state index in [9.17, 15) is 9.50 Å². The lowest BCUT2D eigenvalue weighted by Gasteiger charge is -2.23. The van der Waals surface area contributed by atoms with Gasteiger partial charge in [0.1, 0.15) is 24.3 Å². The van der Waals surface area contributed by atoms with Crippen LogP contribution in [0.3, 0.4) is 0 Å². The molecule has 1 atom stereocenters. The van der Waals surface area contributed by atoms with Crippen molar-refractivity contribution in [3.8, 4) is 5.75 Å². The number of aliphatic hydroxyl groups is 1. The third-order valence-electron chi connectivity index (χ3n) is 2.95. The maximum absolute atomic E-state index is 12.7. The number of aliphatic hydroxyl groups excluding tert-OH is 1. The van der Waals surface area contributed by atoms with Crippen LogP contribution in [0.1, 0.15) is 12.8 Å². The predicted molar refractivity (Wildman–Crippen MR) is 67.7 cm³/mol. The molecule has 106 valence electrons. The Bertz CT molecular complexity index is 362. The van der Waals surface area contributed by atoms with Crippen LogP contribution >= 0.6 is 0 Å². The summed E-state index contributed by atoms with van der Waals surface area (Å²) >= 11 is 0. The Labute approximate surface area is 112 Å². The molecule has 0 radical (unpaired) electrons. The molecule has 1 unspecified atom stereocenters. The highest BCUT2D eigenvalue weighted by molar-refractivity contribution is 5.22. The van der Waals surface area contributed by atoms with Crippen LogP contribution in [0.4, 0.5) is 4.39 Å². The average Bonchev–Trinajstić information content (AvgIpc) is 2.45. The van der Waals surface area contributed by atoms with E-state index in [4.69, 9.17) is 14.2 Å². The van der Waals surface area contributed by atoms with Gasteiger partial charge in [0, 0.05) is 13.2 Å². The molecule has 1 aliphatic heterocycles. The van der Waals surface area contributed by atoms with Gasteiger partial charge in [-0.1, -0.05) is 0 Å². The van der Waals surface area contributed by atoms with E-state index in [1.807, 2.05) is 0 Å². The van der Waals surface area contributed by atoms with Crippen LogP contribution in [0.25, 0.3) is 0 Å². The number of hydrogen-bond acceptors (Lipinski definition) is 4. The minimum Gasteiger partial charge on any atom is -0.491 e. The molecular weight excluding hydrogens is 251 g/mol. The molecule has 1 aromatic carbocycles. The third-order valence-corrected chi connectivity index (χ3v) is 2.95. The zero-order chi connectivity index (χ0) is 13.5. The van der Waals surface area contributed by atoms with E-state index in [0.29, 0.717) is 19.0 Å². The van der Waals surface area contributed by atoms with Crippen molar-refractivity contribution in [2.45, 2.75) is 25.0 Å². The molecule has 0 amide bonds. The highest BCUT2D eigenvalue weighted by atomic mass is 19.1. The van der Waals surface area contributed by atoms with Gasteiger partial charge in [0.2, 0.25) is 0 Å². The smallest absolute Gasteiger partial charge is 0.123 e. The minimum absolute atomic E-state index is 0.134. The summed E-state index contributed by atoms with van der Waals surface area (Å²) in [5.74, 6) is 0.224. The third kappa shape index (κ3) is 5.14. The van der Waals surface area contributed by atoms with Crippen LogP contribution in [0, 0.1) is 5.82 Å².